The minimum Gasteiger partial charge on any atom is -0.379 e. The van der Waals surface area contributed by atoms with Gasteiger partial charge in [0.05, 0.1) is 48.7 Å². The number of benzene rings is 1. The maximum Gasteiger partial charge on any atom is 0.245 e. The summed E-state index contributed by atoms with van der Waals surface area (Å²) in [4.78, 5) is 58.6. The van der Waals surface area contributed by atoms with Crippen LogP contribution in [0, 0.1) is 23.7 Å². The van der Waals surface area contributed by atoms with Crippen molar-refractivity contribution < 1.29 is 32.8 Å². The normalized spacial score (nSPS) is 20.0. The van der Waals surface area contributed by atoms with Crippen molar-refractivity contribution in [2.24, 2.45) is 23.7 Å². The lowest BCUT2D eigenvalue weighted by Gasteiger charge is -2.41. The minimum atomic E-state index is -0.755. The van der Waals surface area contributed by atoms with E-state index in [0.717, 1.165) is 18.4 Å². The topological polar surface area (TPSA) is 139 Å². The van der Waals surface area contributed by atoms with Crippen LogP contribution in [-0.4, -0.2) is 111 Å². The van der Waals surface area contributed by atoms with Crippen molar-refractivity contribution in [1.29, 1.82) is 0 Å². The van der Waals surface area contributed by atoms with Crippen molar-refractivity contribution in [2.75, 3.05) is 34.9 Å². The van der Waals surface area contributed by atoms with E-state index >= 15 is 0 Å². The van der Waals surface area contributed by atoms with Gasteiger partial charge in [0.1, 0.15) is 12.1 Å². The summed E-state index contributed by atoms with van der Waals surface area (Å²) >= 11 is 4.07. The van der Waals surface area contributed by atoms with E-state index in [9.17, 15) is 19.2 Å². The quantitative estimate of drug-likeness (QED) is 0.107. The molecule has 0 aliphatic carbocycles. The fourth-order valence-electron chi connectivity index (χ4n) is 7.56. The third-order valence-electron chi connectivity index (χ3n) is 10.8. The molecule has 1 aliphatic rings. The third kappa shape index (κ3) is 11.6. The Hall–Kier alpha value is -2.71. The summed E-state index contributed by atoms with van der Waals surface area (Å²) in [6.07, 6.45) is 0.627. The second kappa shape index (κ2) is 21.9. The molecule has 1 aromatic carbocycles. The van der Waals surface area contributed by atoms with Gasteiger partial charge < -0.3 is 39.4 Å². The number of likely N-dealkylation sites (tertiary alicyclic amines) is 1. The number of rotatable bonds is 21. The Bertz CT molecular complexity index is 1270. The number of carbonyl (C=O) groups is 4. The van der Waals surface area contributed by atoms with Crippen molar-refractivity contribution in [2.45, 2.75) is 130 Å². The first kappa shape index (κ1) is 45.4. The Morgan fingerprint density at radius 2 is 1.54 bits per heavy atom. The fourth-order valence-corrected chi connectivity index (χ4v) is 7.87. The number of hydrogen-bond donors (Lipinski definition) is 4. The first-order valence-corrected chi connectivity index (χ1v) is 19.2. The molecule has 52 heavy (non-hydrogen) atoms. The highest BCUT2D eigenvalue weighted by Crippen LogP contribution is 2.30. The van der Waals surface area contributed by atoms with Crippen LogP contribution in [0.3, 0.4) is 0 Å². The summed E-state index contributed by atoms with van der Waals surface area (Å²) in [5.41, 5.74) is 0.891. The number of carbonyl (C=O) groups excluding carboxylic acids is 4. The second-order valence-electron chi connectivity index (χ2n) is 15.1. The predicted octanol–water partition coefficient (Wildman–Crippen LogP) is 4.40. The molecule has 0 bridgehead atoms. The number of thiol groups is 1. The van der Waals surface area contributed by atoms with Gasteiger partial charge in [0.15, 0.2) is 0 Å². The number of methoxy groups -OCH3 is 2. The van der Waals surface area contributed by atoms with Gasteiger partial charge in [0, 0.05) is 27.8 Å². The molecule has 4 amide bonds. The second-order valence-corrected chi connectivity index (χ2v) is 15.3. The van der Waals surface area contributed by atoms with Gasteiger partial charge in [-0.1, -0.05) is 85.2 Å². The number of hydrogen-bond acceptors (Lipinski definition) is 9. The lowest BCUT2D eigenvalue weighted by Crippen LogP contribution is -2.59. The van der Waals surface area contributed by atoms with Crippen molar-refractivity contribution >= 4 is 36.5 Å². The molecule has 3 N–H and O–H groups in total. The van der Waals surface area contributed by atoms with E-state index in [2.05, 4.69) is 28.9 Å². The Morgan fingerprint density at radius 3 is 2.04 bits per heavy atom. The number of amides is 4. The highest BCUT2D eigenvalue weighted by atomic mass is 32.1. The van der Waals surface area contributed by atoms with E-state index in [1.165, 1.54) is 0 Å². The minimum absolute atomic E-state index is 0.0105. The van der Waals surface area contributed by atoms with E-state index in [0.29, 0.717) is 13.0 Å². The summed E-state index contributed by atoms with van der Waals surface area (Å²) in [5.74, 6) is -1.51. The van der Waals surface area contributed by atoms with Gasteiger partial charge in [-0.05, 0) is 63.0 Å². The van der Waals surface area contributed by atoms with Crippen LogP contribution in [-0.2, 0) is 32.8 Å². The van der Waals surface area contributed by atoms with E-state index < -0.39 is 42.4 Å². The molecule has 10 unspecified atom stereocenters. The zero-order valence-electron chi connectivity index (χ0n) is 33.5. The van der Waals surface area contributed by atoms with Gasteiger partial charge in [0.25, 0.3) is 0 Å². The van der Waals surface area contributed by atoms with Crippen LogP contribution >= 0.6 is 12.9 Å². The molecule has 1 heterocycles. The fraction of sp³-hybridized carbons (Fsp3) is 0.744. The van der Waals surface area contributed by atoms with E-state index in [1.54, 1.807) is 33.2 Å². The van der Waals surface area contributed by atoms with Crippen LogP contribution in [0.2, 0.25) is 0 Å². The van der Waals surface area contributed by atoms with E-state index in [-0.39, 0.29) is 59.9 Å². The Morgan fingerprint density at radius 1 is 0.923 bits per heavy atom. The standard InChI is InChI=1S/C39H67N5O7S/c1-13-25(6)34(43(10)39(48)33(24(4)5)42-38(47)32(40-9)23(2)3)30(49-11)22-31(45)44-21-17-20-29(44)35(50-12)26(7)37(46)41-27(8)36(51-52)28-18-15-14-16-19-28/h14-16,18-19,23-27,29-30,32-36,40,52H,13,17,20-22H2,1-12H3,(H,41,46)(H,42,47). The molecule has 0 spiro atoms. The molecule has 0 saturated carbocycles. The largest absolute Gasteiger partial charge is 0.379 e. The summed E-state index contributed by atoms with van der Waals surface area (Å²) in [5, 5.41) is 9.11. The number of likely N-dealkylation sites (N-methyl/N-ethyl adjacent to an activating group) is 2. The molecule has 1 fully saturated rings. The van der Waals surface area contributed by atoms with Crippen LogP contribution in [0.5, 0.6) is 0 Å². The van der Waals surface area contributed by atoms with Crippen LogP contribution in [0.25, 0.3) is 0 Å². The van der Waals surface area contributed by atoms with Crippen LogP contribution in [0.4, 0.5) is 0 Å². The van der Waals surface area contributed by atoms with Gasteiger partial charge in [-0.3, -0.25) is 19.2 Å². The molecule has 1 aliphatic heterocycles. The highest BCUT2D eigenvalue weighted by molar-refractivity contribution is 7.75. The molecular weight excluding hydrogens is 683 g/mol. The molecule has 13 heteroatoms. The molecule has 1 saturated heterocycles. The summed E-state index contributed by atoms with van der Waals surface area (Å²) < 4.78 is 17.4. The first-order chi connectivity index (χ1) is 24.6. The predicted molar refractivity (Wildman–Crippen MR) is 207 cm³/mol. The summed E-state index contributed by atoms with van der Waals surface area (Å²) in [6, 6.07) is 7.25. The molecule has 1 aromatic rings. The molecule has 2 rings (SSSR count). The SMILES string of the molecule is CCC(C)C(C(CC(=O)N1CCCC1C(OC)C(C)C(=O)NC(C)C(OS)c1ccccc1)OC)N(C)C(=O)C(NC(=O)C(NC)C(C)C)C(C)C. The maximum atomic E-state index is 14.2. The summed E-state index contributed by atoms with van der Waals surface area (Å²) in [7, 11) is 6.61. The summed E-state index contributed by atoms with van der Waals surface area (Å²) in [6.45, 7) is 16.0. The van der Waals surface area contributed by atoms with Crippen LogP contribution in [0.15, 0.2) is 30.3 Å². The van der Waals surface area contributed by atoms with Gasteiger partial charge >= 0.3 is 0 Å². The van der Waals surface area contributed by atoms with Gasteiger partial charge in [-0.25, -0.2) is 0 Å². The maximum absolute atomic E-state index is 14.2. The Kier molecular flexibility index (Phi) is 19.1. The van der Waals surface area contributed by atoms with Gasteiger partial charge in [-0.15, -0.1) is 0 Å². The molecule has 296 valence electrons. The average molecular weight is 750 g/mol. The van der Waals surface area contributed by atoms with Gasteiger partial charge in [-0.2, -0.15) is 0 Å². The molecule has 10 atom stereocenters. The molecule has 12 nitrogen and oxygen atoms in total. The lowest BCUT2D eigenvalue weighted by molar-refractivity contribution is -0.148. The zero-order valence-corrected chi connectivity index (χ0v) is 34.4. The number of nitrogens with one attached hydrogen (secondary N) is 3. The average Bonchev–Trinajstić information content (AvgIpc) is 3.60. The van der Waals surface area contributed by atoms with E-state index in [1.807, 2.05) is 90.6 Å². The number of nitrogens with zero attached hydrogens (tertiary/aromatic N) is 2. The smallest absolute Gasteiger partial charge is 0.245 e. The number of ether oxygens (including phenoxy) is 2. The molecule has 0 radical (unpaired) electrons. The lowest BCUT2D eigenvalue weighted by atomic mass is 9.89. The molecule has 0 aromatic heterocycles. The van der Waals surface area contributed by atoms with Gasteiger partial charge in [0.2, 0.25) is 23.6 Å². The molecular formula is C39H67N5O7S. The zero-order chi connectivity index (χ0) is 39.3. The van der Waals surface area contributed by atoms with Crippen molar-refractivity contribution in [3.05, 3.63) is 35.9 Å². The third-order valence-corrected chi connectivity index (χ3v) is 11.0. The highest BCUT2D eigenvalue weighted by Gasteiger charge is 2.43. The Labute approximate surface area is 318 Å². The van der Waals surface area contributed by atoms with Crippen LogP contribution < -0.4 is 16.0 Å². The van der Waals surface area contributed by atoms with Crippen LogP contribution in [0.1, 0.15) is 92.7 Å². The Balaban J connectivity index is 2.25. The van der Waals surface area contributed by atoms with Crippen molar-refractivity contribution in [3.8, 4) is 0 Å². The monoisotopic (exact) mass is 749 g/mol. The van der Waals surface area contributed by atoms with E-state index in [4.69, 9.17) is 13.7 Å². The first-order valence-electron chi connectivity index (χ1n) is 18.8. The van der Waals surface area contributed by atoms with Crippen molar-refractivity contribution in [1.82, 2.24) is 25.8 Å². The van der Waals surface area contributed by atoms with Crippen molar-refractivity contribution in [3.63, 3.8) is 0 Å².